The van der Waals surface area contributed by atoms with Crippen molar-refractivity contribution >= 4 is 29.6 Å². The Hall–Kier alpha value is -3.68. The molecule has 2 aromatic carbocycles. The molecular formula is C22H26N4O4. The molecule has 0 aliphatic carbocycles. The van der Waals surface area contributed by atoms with Crippen LogP contribution in [0.25, 0.3) is 0 Å². The second-order valence-electron chi connectivity index (χ2n) is 6.67. The molecule has 1 atom stereocenters. The van der Waals surface area contributed by atoms with Gasteiger partial charge in [0.25, 0.3) is 5.91 Å². The van der Waals surface area contributed by atoms with Crippen LogP contribution in [-0.2, 0) is 14.4 Å². The normalized spacial score (nSPS) is 11.6. The second-order valence-corrected chi connectivity index (χ2v) is 6.67. The van der Waals surface area contributed by atoms with Crippen molar-refractivity contribution in [3.63, 3.8) is 0 Å². The van der Waals surface area contributed by atoms with Crippen LogP contribution in [0.5, 0.6) is 5.75 Å². The van der Waals surface area contributed by atoms with Gasteiger partial charge in [-0.05, 0) is 44.0 Å². The smallest absolute Gasteiger partial charge is 0.329 e. The summed E-state index contributed by atoms with van der Waals surface area (Å²) in [5.74, 6) is -1.49. The van der Waals surface area contributed by atoms with Gasteiger partial charge in [-0.1, -0.05) is 37.3 Å². The topological polar surface area (TPSA) is 109 Å². The fraction of sp³-hybridized carbons (Fsp3) is 0.273. The number of aryl methyl sites for hydroxylation is 1. The number of carbonyl (C=O) groups is 3. The zero-order valence-electron chi connectivity index (χ0n) is 17.3. The van der Waals surface area contributed by atoms with Gasteiger partial charge < -0.3 is 15.4 Å². The van der Waals surface area contributed by atoms with Gasteiger partial charge in [-0.25, -0.2) is 5.43 Å². The summed E-state index contributed by atoms with van der Waals surface area (Å²) in [7, 11) is 0. The zero-order chi connectivity index (χ0) is 21.9. The van der Waals surface area contributed by atoms with Gasteiger partial charge in [0.1, 0.15) is 5.75 Å². The van der Waals surface area contributed by atoms with Crippen molar-refractivity contribution in [1.82, 2.24) is 10.7 Å². The number of benzene rings is 2. The summed E-state index contributed by atoms with van der Waals surface area (Å²) >= 11 is 0. The minimum absolute atomic E-state index is 0.104. The van der Waals surface area contributed by atoms with E-state index in [0.717, 1.165) is 11.3 Å². The highest BCUT2D eigenvalue weighted by Crippen LogP contribution is 2.16. The Morgan fingerprint density at radius 1 is 1.07 bits per heavy atom. The SMILES string of the molecule is CC[C@@H](C)NC(=O)C(=O)N/N=C\c1ccccc1OCC(=O)Nc1ccccc1C. The van der Waals surface area contributed by atoms with Crippen LogP contribution in [0.2, 0.25) is 0 Å². The van der Waals surface area contributed by atoms with E-state index in [0.29, 0.717) is 17.7 Å². The highest BCUT2D eigenvalue weighted by Gasteiger charge is 2.14. The molecule has 3 amide bonds. The maximum Gasteiger partial charge on any atom is 0.329 e. The minimum Gasteiger partial charge on any atom is -0.483 e. The van der Waals surface area contributed by atoms with Crippen LogP contribution in [0.3, 0.4) is 0 Å². The number of hydrogen-bond donors (Lipinski definition) is 3. The summed E-state index contributed by atoms with van der Waals surface area (Å²) in [5.41, 5.74) is 4.39. The van der Waals surface area contributed by atoms with E-state index in [9.17, 15) is 14.4 Å². The summed E-state index contributed by atoms with van der Waals surface area (Å²) in [6.07, 6.45) is 2.06. The third-order valence-electron chi connectivity index (χ3n) is 4.26. The largest absolute Gasteiger partial charge is 0.483 e. The molecular weight excluding hydrogens is 384 g/mol. The predicted octanol–water partition coefficient (Wildman–Crippen LogP) is 2.38. The van der Waals surface area contributed by atoms with Gasteiger partial charge >= 0.3 is 11.8 Å². The number of hydrazone groups is 1. The molecule has 2 aromatic rings. The molecule has 0 bridgehead atoms. The van der Waals surface area contributed by atoms with E-state index in [4.69, 9.17) is 4.74 Å². The molecule has 0 aliphatic heterocycles. The van der Waals surface area contributed by atoms with Gasteiger partial charge in [0, 0.05) is 17.3 Å². The predicted molar refractivity (Wildman–Crippen MR) is 115 cm³/mol. The average Bonchev–Trinajstić information content (AvgIpc) is 2.74. The van der Waals surface area contributed by atoms with Crippen LogP contribution in [0.1, 0.15) is 31.4 Å². The molecule has 0 radical (unpaired) electrons. The van der Waals surface area contributed by atoms with Crippen LogP contribution < -0.4 is 20.8 Å². The Morgan fingerprint density at radius 3 is 2.50 bits per heavy atom. The van der Waals surface area contributed by atoms with Crippen molar-refractivity contribution in [2.75, 3.05) is 11.9 Å². The molecule has 0 fully saturated rings. The zero-order valence-corrected chi connectivity index (χ0v) is 17.3. The molecule has 0 aliphatic rings. The first-order valence-corrected chi connectivity index (χ1v) is 9.62. The first kappa shape index (κ1) is 22.6. The maximum atomic E-state index is 12.2. The molecule has 3 N–H and O–H groups in total. The van der Waals surface area contributed by atoms with Crippen LogP contribution in [0.15, 0.2) is 53.6 Å². The third-order valence-corrected chi connectivity index (χ3v) is 4.26. The van der Waals surface area contributed by atoms with Crippen molar-refractivity contribution in [2.24, 2.45) is 5.10 Å². The van der Waals surface area contributed by atoms with Gasteiger partial charge in [0.2, 0.25) is 0 Å². The number of hydrogen-bond acceptors (Lipinski definition) is 5. The lowest BCUT2D eigenvalue weighted by Gasteiger charge is -2.11. The summed E-state index contributed by atoms with van der Waals surface area (Å²) in [6.45, 7) is 5.42. The molecule has 0 saturated heterocycles. The van der Waals surface area contributed by atoms with Gasteiger partial charge in [0.15, 0.2) is 6.61 Å². The number of amides is 3. The Morgan fingerprint density at radius 2 is 1.77 bits per heavy atom. The average molecular weight is 410 g/mol. The van der Waals surface area contributed by atoms with Crippen LogP contribution in [0, 0.1) is 6.92 Å². The van der Waals surface area contributed by atoms with Crippen molar-refractivity contribution in [2.45, 2.75) is 33.2 Å². The standard InChI is InChI=1S/C22H26N4O4/c1-4-16(3)24-21(28)22(29)26-23-13-17-10-6-8-12-19(17)30-14-20(27)25-18-11-7-5-9-15(18)2/h5-13,16H,4,14H2,1-3H3,(H,24,28)(H,25,27)(H,26,29)/b23-13-/t16-/m1/s1. The Kier molecular flexibility index (Phi) is 8.56. The summed E-state index contributed by atoms with van der Waals surface area (Å²) in [5, 5.41) is 9.14. The number of para-hydroxylation sites is 2. The maximum absolute atomic E-state index is 12.2. The van der Waals surface area contributed by atoms with Crippen LogP contribution in [0.4, 0.5) is 5.69 Å². The van der Waals surface area contributed by atoms with E-state index in [1.807, 2.05) is 38.1 Å². The van der Waals surface area contributed by atoms with Crippen LogP contribution in [-0.4, -0.2) is 36.6 Å². The highest BCUT2D eigenvalue weighted by atomic mass is 16.5. The number of ether oxygens (including phenoxy) is 1. The van der Waals surface area contributed by atoms with Crippen molar-refractivity contribution in [3.05, 3.63) is 59.7 Å². The molecule has 158 valence electrons. The fourth-order valence-electron chi connectivity index (χ4n) is 2.36. The Bertz CT molecular complexity index is 927. The van der Waals surface area contributed by atoms with E-state index in [1.165, 1.54) is 6.21 Å². The fourth-order valence-corrected chi connectivity index (χ4v) is 2.36. The molecule has 0 aromatic heterocycles. The van der Waals surface area contributed by atoms with Gasteiger partial charge in [0.05, 0.1) is 6.21 Å². The van der Waals surface area contributed by atoms with E-state index < -0.39 is 11.8 Å². The number of nitrogens with one attached hydrogen (secondary N) is 3. The first-order chi connectivity index (χ1) is 14.4. The summed E-state index contributed by atoms with van der Waals surface area (Å²) in [4.78, 5) is 35.6. The summed E-state index contributed by atoms with van der Waals surface area (Å²) < 4.78 is 5.59. The van der Waals surface area contributed by atoms with E-state index in [-0.39, 0.29) is 18.6 Å². The number of carbonyl (C=O) groups excluding carboxylic acids is 3. The second kappa shape index (κ2) is 11.4. The molecule has 0 heterocycles. The van der Waals surface area contributed by atoms with Crippen molar-refractivity contribution in [1.29, 1.82) is 0 Å². The van der Waals surface area contributed by atoms with Crippen LogP contribution >= 0.6 is 0 Å². The lowest BCUT2D eigenvalue weighted by molar-refractivity contribution is -0.139. The quantitative estimate of drug-likeness (QED) is 0.353. The van der Waals surface area contributed by atoms with Gasteiger partial charge in [-0.3, -0.25) is 14.4 Å². The van der Waals surface area contributed by atoms with E-state index >= 15 is 0 Å². The number of nitrogens with zero attached hydrogens (tertiary/aromatic N) is 1. The molecule has 8 nitrogen and oxygen atoms in total. The first-order valence-electron chi connectivity index (χ1n) is 9.62. The van der Waals surface area contributed by atoms with E-state index in [2.05, 4.69) is 21.2 Å². The van der Waals surface area contributed by atoms with Gasteiger partial charge in [-0.2, -0.15) is 5.10 Å². The van der Waals surface area contributed by atoms with Crippen molar-refractivity contribution < 1.29 is 19.1 Å². The third kappa shape index (κ3) is 7.05. The molecule has 8 heteroatoms. The summed E-state index contributed by atoms with van der Waals surface area (Å²) in [6, 6.07) is 14.3. The molecule has 30 heavy (non-hydrogen) atoms. The monoisotopic (exact) mass is 410 g/mol. The number of rotatable bonds is 8. The highest BCUT2D eigenvalue weighted by molar-refractivity contribution is 6.35. The lowest BCUT2D eigenvalue weighted by atomic mass is 10.2. The molecule has 0 spiro atoms. The van der Waals surface area contributed by atoms with Gasteiger partial charge in [-0.15, -0.1) is 0 Å². The lowest BCUT2D eigenvalue weighted by Crippen LogP contribution is -2.41. The molecule has 0 saturated carbocycles. The molecule has 0 unspecified atom stereocenters. The number of anilines is 1. The van der Waals surface area contributed by atoms with Crippen molar-refractivity contribution in [3.8, 4) is 5.75 Å². The molecule has 2 rings (SSSR count). The Balaban J connectivity index is 1.91. The van der Waals surface area contributed by atoms with E-state index in [1.54, 1.807) is 31.2 Å². The minimum atomic E-state index is -0.859. The Labute approximate surface area is 175 Å².